The van der Waals surface area contributed by atoms with Gasteiger partial charge in [-0.05, 0) is 62.5 Å². The fraction of sp³-hybridized carbons (Fsp3) is 0.500. The van der Waals surface area contributed by atoms with Crippen LogP contribution in [0.15, 0.2) is 48.5 Å². The summed E-state index contributed by atoms with van der Waals surface area (Å²) < 4.78 is 46.6. The predicted octanol–water partition coefficient (Wildman–Crippen LogP) is 4.62. The maximum absolute atomic E-state index is 14.0. The molecular weight excluding hydrogens is 459 g/mol. The Kier molecular flexibility index (Phi) is 8.64. The molecule has 2 aliphatic heterocycles. The Morgan fingerprint density at radius 3 is 2.51 bits per heavy atom. The topological polar surface area (TPSA) is 45.3 Å². The molecule has 0 radical (unpaired) electrons. The number of carbonyl (C=O) groups is 1. The number of rotatable bonds is 9. The van der Waals surface area contributed by atoms with E-state index in [9.17, 15) is 18.0 Å². The molecule has 0 N–H and O–H groups in total. The van der Waals surface area contributed by atoms with E-state index in [-0.39, 0.29) is 12.5 Å². The van der Waals surface area contributed by atoms with Gasteiger partial charge < -0.3 is 9.64 Å². The van der Waals surface area contributed by atoms with E-state index in [1.54, 1.807) is 4.90 Å². The van der Waals surface area contributed by atoms with Gasteiger partial charge in [0.2, 0.25) is 5.91 Å². The molecule has 6 nitrogen and oxygen atoms in total. The number of methoxy groups -OCH3 is 1. The van der Waals surface area contributed by atoms with Gasteiger partial charge in [0.25, 0.3) is 0 Å². The number of benzene rings is 2. The van der Waals surface area contributed by atoms with Gasteiger partial charge in [-0.15, -0.1) is 0 Å². The second-order valence-corrected chi connectivity index (χ2v) is 9.03. The Morgan fingerprint density at radius 2 is 1.83 bits per heavy atom. The van der Waals surface area contributed by atoms with Gasteiger partial charge >= 0.3 is 6.61 Å². The summed E-state index contributed by atoms with van der Waals surface area (Å²) in [6.45, 7) is -0.565. The molecule has 2 heterocycles. The molecule has 0 bridgehead atoms. The number of carbonyl (C=O) groups excluding carboxylic acids is 1. The molecule has 2 saturated heterocycles. The number of ether oxygens (including phenoxy) is 1. The normalized spacial score (nSPS) is 21.1. The van der Waals surface area contributed by atoms with Gasteiger partial charge in [0.1, 0.15) is 11.6 Å². The summed E-state index contributed by atoms with van der Waals surface area (Å²) in [6.07, 6.45) is 3.33. The van der Waals surface area contributed by atoms with Crippen LogP contribution in [0.1, 0.15) is 42.9 Å². The van der Waals surface area contributed by atoms with Crippen LogP contribution in [0, 0.1) is 5.82 Å². The van der Waals surface area contributed by atoms with Crippen molar-refractivity contribution >= 4 is 5.91 Å². The van der Waals surface area contributed by atoms with Crippen LogP contribution < -0.4 is 4.74 Å². The molecule has 190 valence electrons. The van der Waals surface area contributed by atoms with Crippen molar-refractivity contribution in [2.24, 2.45) is 0 Å². The van der Waals surface area contributed by atoms with Crippen LogP contribution in [-0.2, 0) is 16.2 Å². The molecule has 4 rings (SSSR count). The molecule has 2 unspecified atom stereocenters. The van der Waals surface area contributed by atoms with Crippen LogP contribution >= 0.6 is 0 Å². The average Bonchev–Trinajstić information content (AvgIpc) is 3.36. The summed E-state index contributed by atoms with van der Waals surface area (Å²) in [4.78, 5) is 22.4. The van der Waals surface area contributed by atoms with Gasteiger partial charge in [-0.2, -0.15) is 13.8 Å². The summed E-state index contributed by atoms with van der Waals surface area (Å²) in [7, 11) is 1.45. The van der Waals surface area contributed by atoms with E-state index in [0.29, 0.717) is 37.2 Å². The number of nitrogens with zero attached hydrogens (tertiary/aromatic N) is 3. The number of alkyl halides is 2. The zero-order chi connectivity index (χ0) is 24.8. The monoisotopic (exact) mass is 491 g/mol. The third kappa shape index (κ3) is 6.34. The van der Waals surface area contributed by atoms with Crippen molar-refractivity contribution in [1.29, 1.82) is 0 Å². The van der Waals surface area contributed by atoms with E-state index < -0.39 is 24.5 Å². The lowest BCUT2D eigenvalue weighted by Crippen LogP contribution is -2.53. The smallest absolute Gasteiger partial charge is 0.360 e. The number of likely N-dealkylation sites (tertiary alicyclic amines) is 2. The minimum Gasteiger partial charge on any atom is -0.496 e. The molecule has 2 aromatic rings. The fourth-order valence-electron chi connectivity index (χ4n) is 5.21. The highest BCUT2D eigenvalue weighted by Gasteiger charge is 2.40. The highest BCUT2D eigenvalue weighted by molar-refractivity contribution is 5.79. The van der Waals surface area contributed by atoms with E-state index in [2.05, 4.69) is 4.90 Å². The fourth-order valence-corrected chi connectivity index (χ4v) is 5.21. The predicted molar refractivity (Wildman–Crippen MR) is 125 cm³/mol. The number of amides is 1. The maximum atomic E-state index is 14.0. The lowest BCUT2D eigenvalue weighted by Gasteiger charge is -2.46. The number of piperidine rings is 1. The van der Waals surface area contributed by atoms with Crippen LogP contribution in [0.4, 0.5) is 13.2 Å². The Labute approximate surface area is 204 Å². The van der Waals surface area contributed by atoms with Crippen molar-refractivity contribution in [1.82, 2.24) is 14.9 Å². The SMILES string of the molecule is COc1ccc(F)cc1CN(OC(F)F)C1CCCN(C(=O)CN2CCCC2)C1c1ccccc1. The molecule has 9 heteroatoms. The summed E-state index contributed by atoms with van der Waals surface area (Å²) in [5, 5.41) is 1.20. The maximum Gasteiger partial charge on any atom is 0.360 e. The van der Waals surface area contributed by atoms with Crippen LogP contribution in [0.5, 0.6) is 5.75 Å². The van der Waals surface area contributed by atoms with Gasteiger partial charge in [0, 0.05) is 12.1 Å². The highest BCUT2D eigenvalue weighted by Crippen LogP contribution is 2.37. The van der Waals surface area contributed by atoms with Gasteiger partial charge in [-0.25, -0.2) is 9.23 Å². The zero-order valence-corrected chi connectivity index (χ0v) is 19.9. The molecule has 0 saturated carbocycles. The number of hydrogen-bond acceptors (Lipinski definition) is 5. The van der Waals surface area contributed by atoms with Crippen LogP contribution in [-0.4, -0.2) is 66.7 Å². The number of hydroxylamine groups is 2. The van der Waals surface area contributed by atoms with Crippen molar-refractivity contribution in [3.05, 3.63) is 65.5 Å². The molecule has 1 amide bonds. The van der Waals surface area contributed by atoms with Crippen LogP contribution in [0.3, 0.4) is 0 Å². The molecule has 2 aliphatic rings. The Balaban J connectivity index is 1.67. The van der Waals surface area contributed by atoms with Crippen molar-refractivity contribution in [3.63, 3.8) is 0 Å². The van der Waals surface area contributed by atoms with Crippen molar-refractivity contribution in [2.45, 2.75) is 50.9 Å². The first-order valence-corrected chi connectivity index (χ1v) is 12.1. The Hall–Kier alpha value is -2.62. The second kappa shape index (κ2) is 11.9. The number of halogens is 3. The third-order valence-electron chi connectivity index (χ3n) is 6.77. The largest absolute Gasteiger partial charge is 0.496 e. The number of hydrogen-bond donors (Lipinski definition) is 0. The highest BCUT2D eigenvalue weighted by atomic mass is 19.3. The average molecular weight is 492 g/mol. The molecule has 35 heavy (non-hydrogen) atoms. The summed E-state index contributed by atoms with van der Waals surface area (Å²) >= 11 is 0. The lowest BCUT2D eigenvalue weighted by molar-refractivity contribution is -0.312. The third-order valence-corrected chi connectivity index (χ3v) is 6.77. The summed E-state index contributed by atoms with van der Waals surface area (Å²) in [6, 6.07) is 12.4. The first kappa shape index (κ1) is 25.5. The van der Waals surface area contributed by atoms with Crippen molar-refractivity contribution < 1.29 is 27.5 Å². The molecule has 0 aliphatic carbocycles. The molecule has 2 fully saturated rings. The molecule has 0 spiro atoms. The van der Waals surface area contributed by atoms with Crippen LogP contribution in [0.2, 0.25) is 0 Å². The lowest BCUT2D eigenvalue weighted by atomic mass is 9.89. The van der Waals surface area contributed by atoms with Gasteiger partial charge in [0.05, 0.1) is 32.3 Å². The van der Waals surface area contributed by atoms with Gasteiger partial charge in [-0.1, -0.05) is 30.3 Å². The van der Waals surface area contributed by atoms with Crippen molar-refractivity contribution in [2.75, 3.05) is 33.3 Å². The van der Waals surface area contributed by atoms with E-state index in [1.807, 2.05) is 30.3 Å². The molecule has 2 aromatic carbocycles. The molecule has 2 atom stereocenters. The first-order chi connectivity index (χ1) is 17.0. The summed E-state index contributed by atoms with van der Waals surface area (Å²) in [5.74, 6) is -0.141. The second-order valence-electron chi connectivity index (χ2n) is 9.03. The van der Waals surface area contributed by atoms with E-state index in [0.717, 1.165) is 31.5 Å². The quantitative estimate of drug-likeness (QED) is 0.479. The minimum atomic E-state index is -3.07. The standard InChI is InChI=1S/C26H32F3N3O3/c1-34-23-12-11-21(27)16-20(23)17-32(35-26(28)29)22-10-7-15-31(24(33)18-30-13-5-6-14-30)25(22)19-8-3-2-4-9-19/h2-4,8-9,11-12,16,22,25-26H,5-7,10,13-15,17-18H2,1H3. The van der Waals surface area contributed by atoms with Crippen molar-refractivity contribution in [3.8, 4) is 5.75 Å². The first-order valence-electron chi connectivity index (χ1n) is 12.1. The van der Waals surface area contributed by atoms with Gasteiger partial charge in [0.15, 0.2) is 0 Å². The summed E-state index contributed by atoms with van der Waals surface area (Å²) in [5.41, 5.74) is 1.24. The molecular formula is C26H32F3N3O3. The van der Waals surface area contributed by atoms with E-state index in [1.165, 1.54) is 30.4 Å². The van der Waals surface area contributed by atoms with E-state index >= 15 is 0 Å². The Bertz CT molecular complexity index is 973. The Morgan fingerprint density at radius 1 is 1.09 bits per heavy atom. The van der Waals surface area contributed by atoms with Crippen LogP contribution in [0.25, 0.3) is 0 Å². The van der Waals surface area contributed by atoms with E-state index in [4.69, 9.17) is 9.57 Å². The molecule has 0 aromatic heterocycles. The minimum absolute atomic E-state index is 0.0224. The van der Waals surface area contributed by atoms with Gasteiger partial charge in [-0.3, -0.25) is 9.69 Å². The zero-order valence-electron chi connectivity index (χ0n) is 19.9.